The Hall–Kier alpha value is -4.34. The number of fused-ring (bicyclic) bond motifs is 3. The van der Waals surface area contributed by atoms with Crippen LogP contribution in [0.2, 0.25) is 0 Å². The third kappa shape index (κ3) is 8.00. The number of aromatic nitrogens is 1. The van der Waals surface area contributed by atoms with Gasteiger partial charge in [0.15, 0.2) is 5.58 Å². The number of sulfonamides is 1. The molecular weight excluding hydrogens is 670 g/mol. The maximum Gasteiger partial charge on any atom is 0.408 e. The topological polar surface area (TPSA) is 195 Å². The molecule has 1 aromatic carbocycles. The highest BCUT2D eigenvalue weighted by Gasteiger charge is 2.62. The molecule has 4 amide bonds. The van der Waals surface area contributed by atoms with Crippen LogP contribution in [0.5, 0.6) is 11.8 Å². The average molecular weight is 716 g/mol. The van der Waals surface area contributed by atoms with Gasteiger partial charge in [0.25, 0.3) is 5.91 Å². The van der Waals surface area contributed by atoms with Gasteiger partial charge in [-0.1, -0.05) is 25.0 Å². The maximum absolute atomic E-state index is 14.3. The Labute approximate surface area is 290 Å². The van der Waals surface area contributed by atoms with Crippen molar-refractivity contribution < 1.29 is 46.2 Å². The molecular formula is C34H45N5O10S. The van der Waals surface area contributed by atoms with Crippen LogP contribution >= 0.6 is 0 Å². The standard InChI is InChI=1S/C34H45N5O10S/c1-33(2,3)49-31(43)35-24-11-9-7-5-6-8-10-20-18-34(20,30(42)38-50(44,45)23-13-14-23)37-28(40)26-17-22(19-39(26)29(24)41)47-32-36-25-16-21(46-4)12-15-27(25)48-32/h8,10,12,15-16,20,22-24,26H,5-7,9,11,13-14,17-19H2,1-4H3,(H,35,43)(H,37,40)(H,38,42)/b10-8-/t20-,22-,24+,26+,34-/m1/s1. The third-order valence-corrected chi connectivity index (χ3v) is 11.2. The predicted molar refractivity (Wildman–Crippen MR) is 180 cm³/mol. The van der Waals surface area contributed by atoms with Crippen molar-refractivity contribution in [2.24, 2.45) is 5.92 Å². The third-order valence-electron chi connectivity index (χ3n) is 9.38. The second kappa shape index (κ2) is 13.8. The SMILES string of the molecule is COc1ccc2oc(O[C@@H]3C[C@H]4C(=O)N[C@]5(C(=O)NS(=O)(=O)C6CC6)C[C@H]5/C=C\CCCCC[C@H](NC(=O)OC(C)(C)C)C(=O)N4C3)nc2c1. The smallest absolute Gasteiger partial charge is 0.408 e. The van der Waals surface area contributed by atoms with Gasteiger partial charge in [-0.25, -0.2) is 13.2 Å². The first-order valence-electron chi connectivity index (χ1n) is 17.1. The van der Waals surface area contributed by atoms with Gasteiger partial charge in [0, 0.05) is 18.4 Å². The van der Waals surface area contributed by atoms with Crippen LogP contribution in [0.3, 0.4) is 0 Å². The number of alkyl carbamates (subject to hydrolysis) is 1. The molecule has 2 saturated carbocycles. The zero-order valence-electron chi connectivity index (χ0n) is 28.7. The number of carbonyl (C=O) groups is 4. The first-order valence-corrected chi connectivity index (χ1v) is 18.7. The molecule has 2 aliphatic heterocycles. The summed E-state index contributed by atoms with van der Waals surface area (Å²) in [6.45, 7) is 5.10. The Morgan fingerprint density at radius 2 is 1.90 bits per heavy atom. The molecule has 4 aliphatic rings. The highest BCUT2D eigenvalue weighted by molar-refractivity contribution is 7.91. The number of nitrogens with one attached hydrogen (secondary N) is 3. The fourth-order valence-corrected chi connectivity index (χ4v) is 7.87. The largest absolute Gasteiger partial charge is 0.497 e. The fraction of sp³-hybridized carbons (Fsp3) is 0.618. The van der Waals surface area contributed by atoms with Crippen LogP contribution in [0.25, 0.3) is 11.1 Å². The molecule has 0 spiro atoms. The van der Waals surface area contributed by atoms with Gasteiger partial charge in [0.05, 0.1) is 18.9 Å². The van der Waals surface area contributed by atoms with Crippen LogP contribution in [-0.2, 0) is 29.1 Å². The minimum atomic E-state index is -3.88. The number of hydrogen-bond acceptors (Lipinski definition) is 11. The summed E-state index contributed by atoms with van der Waals surface area (Å²) in [5, 5.41) is 4.92. The van der Waals surface area contributed by atoms with E-state index in [0.29, 0.717) is 49.0 Å². The molecule has 0 radical (unpaired) electrons. The molecule has 3 heterocycles. The zero-order valence-corrected chi connectivity index (χ0v) is 29.5. The van der Waals surface area contributed by atoms with Crippen LogP contribution in [0.1, 0.15) is 78.6 Å². The average Bonchev–Trinajstić information content (AvgIpc) is 3.93. The number of allylic oxidation sites excluding steroid dienone is 1. The minimum absolute atomic E-state index is 0.0113. The summed E-state index contributed by atoms with van der Waals surface area (Å²) in [5.74, 6) is -1.81. The lowest BCUT2D eigenvalue weighted by Crippen LogP contribution is -2.58. The van der Waals surface area contributed by atoms with Gasteiger partial charge < -0.3 is 34.2 Å². The van der Waals surface area contributed by atoms with E-state index in [1.54, 1.807) is 39.0 Å². The summed E-state index contributed by atoms with van der Waals surface area (Å²) in [6, 6.07) is 2.95. The molecule has 1 aromatic heterocycles. The van der Waals surface area contributed by atoms with Gasteiger partial charge >= 0.3 is 12.2 Å². The number of hydrogen-bond donors (Lipinski definition) is 3. The first-order chi connectivity index (χ1) is 23.7. The van der Waals surface area contributed by atoms with Crippen LogP contribution in [0, 0.1) is 5.92 Å². The molecule has 2 aromatic rings. The molecule has 5 atom stereocenters. The number of benzene rings is 1. The number of ether oxygens (including phenoxy) is 3. The van der Waals surface area contributed by atoms with E-state index in [1.807, 2.05) is 12.2 Å². The second-order valence-electron chi connectivity index (χ2n) is 14.5. The van der Waals surface area contributed by atoms with E-state index in [0.717, 1.165) is 12.8 Å². The zero-order chi connectivity index (χ0) is 35.8. The molecule has 1 saturated heterocycles. The van der Waals surface area contributed by atoms with Crippen molar-refractivity contribution in [3.05, 3.63) is 30.4 Å². The first kappa shape index (κ1) is 35.5. The van der Waals surface area contributed by atoms with Gasteiger partial charge in [-0.05, 0) is 71.4 Å². The number of rotatable bonds is 7. The number of carbonyl (C=O) groups excluding carboxylic acids is 4. The van der Waals surface area contributed by atoms with Crippen molar-refractivity contribution in [3.63, 3.8) is 0 Å². The highest BCUT2D eigenvalue weighted by Crippen LogP contribution is 2.46. The Morgan fingerprint density at radius 3 is 2.62 bits per heavy atom. The van der Waals surface area contributed by atoms with Gasteiger partial charge in [0.2, 0.25) is 21.8 Å². The summed E-state index contributed by atoms with van der Waals surface area (Å²) in [4.78, 5) is 60.7. The Kier molecular flexibility index (Phi) is 9.76. The number of amides is 4. The van der Waals surface area contributed by atoms with Crippen LogP contribution in [-0.4, -0.2) is 90.3 Å². The van der Waals surface area contributed by atoms with E-state index < -0.39 is 74.3 Å². The van der Waals surface area contributed by atoms with Crippen molar-refractivity contribution in [2.45, 2.75) is 113 Å². The lowest BCUT2D eigenvalue weighted by Gasteiger charge is -2.30. The number of oxazole rings is 1. The molecule has 0 bridgehead atoms. The number of nitrogens with zero attached hydrogens (tertiary/aromatic N) is 2. The van der Waals surface area contributed by atoms with Gasteiger partial charge in [0.1, 0.15) is 40.6 Å². The monoisotopic (exact) mass is 715 g/mol. The van der Waals surface area contributed by atoms with Gasteiger partial charge in [-0.3, -0.25) is 19.1 Å². The predicted octanol–water partition coefficient (Wildman–Crippen LogP) is 3.08. The van der Waals surface area contributed by atoms with Crippen LogP contribution in [0.15, 0.2) is 34.8 Å². The van der Waals surface area contributed by atoms with E-state index in [9.17, 15) is 27.6 Å². The maximum atomic E-state index is 14.3. The minimum Gasteiger partial charge on any atom is -0.497 e. The lowest BCUT2D eigenvalue weighted by atomic mass is 10.0. The summed E-state index contributed by atoms with van der Waals surface area (Å²) < 4.78 is 50.3. The van der Waals surface area contributed by atoms with Crippen molar-refractivity contribution >= 4 is 44.9 Å². The van der Waals surface area contributed by atoms with Crippen LogP contribution in [0.4, 0.5) is 4.79 Å². The normalized spacial score (nSPS) is 28.3. The molecule has 3 fully saturated rings. The highest BCUT2D eigenvalue weighted by atomic mass is 32.2. The summed E-state index contributed by atoms with van der Waals surface area (Å²) >= 11 is 0. The summed E-state index contributed by atoms with van der Waals surface area (Å²) in [7, 11) is -2.35. The lowest BCUT2D eigenvalue weighted by molar-refractivity contribution is -0.141. The molecule has 6 rings (SSSR count). The van der Waals surface area contributed by atoms with E-state index >= 15 is 0 Å². The fourth-order valence-electron chi connectivity index (χ4n) is 6.50. The second-order valence-corrected chi connectivity index (χ2v) is 16.5. The van der Waals surface area contributed by atoms with Crippen molar-refractivity contribution in [1.29, 1.82) is 0 Å². The van der Waals surface area contributed by atoms with Gasteiger partial charge in [-0.15, -0.1) is 0 Å². The summed E-state index contributed by atoms with van der Waals surface area (Å²) in [6.07, 6.45) is 6.52. The molecule has 272 valence electrons. The molecule has 2 aliphatic carbocycles. The van der Waals surface area contributed by atoms with E-state index in [1.165, 1.54) is 12.0 Å². The van der Waals surface area contributed by atoms with Crippen molar-refractivity contribution in [2.75, 3.05) is 13.7 Å². The van der Waals surface area contributed by atoms with Gasteiger partial charge in [-0.2, -0.15) is 4.98 Å². The number of methoxy groups -OCH3 is 1. The Bertz CT molecular complexity index is 1780. The van der Waals surface area contributed by atoms with E-state index in [2.05, 4.69) is 20.3 Å². The molecule has 50 heavy (non-hydrogen) atoms. The quantitative estimate of drug-likeness (QED) is 0.357. The molecule has 15 nitrogen and oxygen atoms in total. The molecule has 16 heteroatoms. The van der Waals surface area contributed by atoms with E-state index in [4.69, 9.17) is 18.6 Å². The molecule has 0 unspecified atom stereocenters. The van der Waals surface area contributed by atoms with Crippen molar-refractivity contribution in [3.8, 4) is 11.8 Å². The van der Waals surface area contributed by atoms with Crippen molar-refractivity contribution in [1.82, 2.24) is 25.2 Å². The van der Waals surface area contributed by atoms with E-state index in [-0.39, 0.29) is 25.5 Å². The summed E-state index contributed by atoms with van der Waals surface area (Å²) in [5.41, 5.74) is -1.37. The van der Waals surface area contributed by atoms with Crippen LogP contribution < -0.4 is 24.8 Å². The Morgan fingerprint density at radius 1 is 1.12 bits per heavy atom. The molecule has 3 N–H and O–H groups in total. The Balaban J connectivity index is 1.28.